The molecule has 0 N–H and O–H groups in total. The van der Waals surface area contributed by atoms with Crippen molar-refractivity contribution in [3.8, 4) is 0 Å². The van der Waals surface area contributed by atoms with E-state index >= 15 is 0 Å². The molecule has 5 nitrogen and oxygen atoms in total. The summed E-state index contributed by atoms with van der Waals surface area (Å²) < 4.78 is 5.98. The molecule has 1 fully saturated rings. The molecule has 1 amide bonds. The van der Waals surface area contributed by atoms with E-state index in [1.165, 1.54) is 12.2 Å². The predicted molar refractivity (Wildman–Crippen MR) is 80.4 cm³/mol. The first-order valence-corrected chi connectivity index (χ1v) is 7.26. The molecule has 2 atom stereocenters. The third-order valence-corrected chi connectivity index (χ3v) is 3.86. The van der Waals surface area contributed by atoms with Crippen LogP contribution < -0.4 is 0 Å². The van der Waals surface area contributed by atoms with Gasteiger partial charge in [0.05, 0.1) is 25.7 Å². The molecular weight excluding hydrogens is 268 g/mol. The Labute approximate surface area is 126 Å². The van der Waals surface area contributed by atoms with Gasteiger partial charge in [-0.3, -0.25) is 9.63 Å². The molecule has 1 aromatic carbocycles. The molecule has 0 saturated carbocycles. The third-order valence-electron chi connectivity index (χ3n) is 3.86. The number of ether oxygens (including phenoxy) is 1. The van der Waals surface area contributed by atoms with Crippen molar-refractivity contribution >= 4 is 5.91 Å². The Kier molecular flexibility index (Phi) is 5.73. The van der Waals surface area contributed by atoms with E-state index in [1.54, 1.807) is 7.05 Å². The van der Waals surface area contributed by atoms with Gasteiger partial charge in [-0.05, 0) is 19.0 Å². The van der Waals surface area contributed by atoms with Gasteiger partial charge in [-0.2, -0.15) is 0 Å². The monoisotopic (exact) mass is 292 g/mol. The summed E-state index contributed by atoms with van der Waals surface area (Å²) in [6.07, 6.45) is 0.812. The van der Waals surface area contributed by atoms with Crippen LogP contribution in [0, 0.1) is 5.92 Å². The van der Waals surface area contributed by atoms with E-state index in [-0.39, 0.29) is 17.9 Å². The maximum Gasteiger partial charge on any atom is 0.250 e. The number of nitrogens with zero attached hydrogens (tertiary/aromatic N) is 2. The standard InChI is InChI=1S/C16H24N2O3/c1-17-10-14(16(19)18(2)20-3)9-15(11-17)21-12-13-7-5-4-6-8-13/h4-8,14-15H,9-12H2,1-3H3. The molecule has 116 valence electrons. The highest BCUT2D eigenvalue weighted by Crippen LogP contribution is 2.21. The summed E-state index contributed by atoms with van der Waals surface area (Å²) in [6.45, 7) is 2.19. The van der Waals surface area contributed by atoms with E-state index in [1.807, 2.05) is 37.4 Å². The Morgan fingerprint density at radius 2 is 2.05 bits per heavy atom. The fraction of sp³-hybridized carbons (Fsp3) is 0.562. The number of likely N-dealkylation sites (tertiary alicyclic amines) is 1. The molecule has 2 unspecified atom stereocenters. The summed E-state index contributed by atoms with van der Waals surface area (Å²) in [4.78, 5) is 19.3. The molecule has 1 aromatic rings. The molecule has 21 heavy (non-hydrogen) atoms. The molecule has 5 heteroatoms. The lowest BCUT2D eigenvalue weighted by atomic mass is 9.95. The average molecular weight is 292 g/mol. The number of likely N-dealkylation sites (N-methyl/N-ethyl adjacent to an activating group) is 1. The molecule has 0 radical (unpaired) electrons. The van der Waals surface area contributed by atoms with Crippen LogP contribution >= 0.6 is 0 Å². The second kappa shape index (κ2) is 7.54. The van der Waals surface area contributed by atoms with Crippen molar-refractivity contribution in [3.63, 3.8) is 0 Å². The van der Waals surface area contributed by atoms with E-state index in [4.69, 9.17) is 9.57 Å². The Morgan fingerprint density at radius 3 is 2.71 bits per heavy atom. The van der Waals surface area contributed by atoms with E-state index in [0.717, 1.165) is 25.1 Å². The number of carbonyl (C=O) groups excluding carboxylic acids is 1. The first kappa shape index (κ1) is 15.9. The summed E-state index contributed by atoms with van der Waals surface area (Å²) in [5, 5.41) is 1.30. The van der Waals surface area contributed by atoms with Crippen LogP contribution in [0.2, 0.25) is 0 Å². The Morgan fingerprint density at radius 1 is 1.33 bits per heavy atom. The number of amides is 1. The molecule has 1 aliphatic rings. The number of hydroxylamine groups is 2. The summed E-state index contributed by atoms with van der Waals surface area (Å²) in [7, 11) is 5.18. The zero-order valence-corrected chi connectivity index (χ0v) is 13.0. The maximum absolute atomic E-state index is 12.2. The lowest BCUT2D eigenvalue weighted by Crippen LogP contribution is -2.47. The molecule has 0 aromatic heterocycles. The quantitative estimate of drug-likeness (QED) is 0.772. The minimum Gasteiger partial charge on any atom is -0.372 e. The van der Waals surface area contributed by atoms with Gasteiger partial charge in [-0.15, -0.1) is 0 Å². The zero-order valence-electron chi connectivity index (χ0n) is 13.0. The van der Waals surface area contributed by atoms with Gasteiger partial charge in [0.15, 0.2) is 0 Å². The van der Waals surface area contributed by atoms with Crippen molar-refractivity contribution in [2.24, 2.45) is 5.92 Å². The number of hydrogen-bond donors (Lipinski definition) is 0. The van der Waals surface area contributed by atoms with Crippen molar-refractivity contribution in [1.29, 1.82) is 0 Å². The van der Waals surface area contributed by atoms with Gasteiger partial charge >= 0.3 is 0 Å². The van der Waals surface area contributed by atoms with Crippen molar-refractivity contribution in [1.82, 2.24) is 9.96 Å². The predicted octanol–water partition coefficient (Wildman–Crippen LogP) is 1.54. The smallest absolute Gasteiger partial charge is 0.250 e. The van der Waals surface area contributed by atoms with Gasteiger partial charge in [0, 0.05) is 20.1 Å². The van der Waals surface area contributed by atoms with Gasteiger partial charge in [0.25, 0.3) is 0 Å². The summed E-state index contributed by atoms with van der Waals surface area (Å²) in [6, 6.07) is 10.1. The van der Waals surface area contributed by atoms with Crippen molar-refractivity contribution in [3.05, 3.63) is 35.9 Å². The Balaban J connectivity index is 1.90. The van der Waals surface area contributed by atoms with Crippen molar-refractivity contribution in [2.45, 2.75) is 19.1 Å². The fourth-order valence-electron chi connectivity index (χ4n) is 2.70. The van der Waals surface area contributed by atoms with Crippen LogP contribution in [0.4, 0.5) is 0 Å². The lowest BCUT2D eigenvalue weighted by Gasteiger charge is -2.35. The highest BCUT2D eigenvalue weighted by molar-refractivity contribution is 5.78. The average Bonchev–Trinajstić information content (AvgIpc) is 2.52. The number of rotatable bonds is 5. The lowest BCUT2D eigenvalue weighted by molar-refractivity contribution is -0.177. The summed E-state index contributed by atoms with van der Waals surface area (Å²) >= 11 is 0. The van der Waals surface area contributed by atoms with Crippen LogP contribution in [0.1, 0.15) is 12.0 Å². The fourth-order valence-corrected chi connectivity index (χ4v) is 2.70. The third kappa shape index (κ3) is 4.52. The van der Waals surface area contributed by atoms with E-state index < -0.39 is 0 Å². The largest absolute Gasteiger partial charge is 0.372 e. The number of piperidine rings is 1. The normalized spacial score (nSPS) is 23.0. The zero-order chi connectivity index (χ0) is 15.2. The topological polar surface area (TPSA) is 42.0 Å². The first-order valence-electron chi connectivity index (χ1n) is 7.26. The Hall–Kier alpha value is -1.43. The maximum atomic E-state index is 12.2. The molecule has 0 aliphatic carbocycles. The van der Waals surface area contributed by atoms with Crippen LogP contribution in [0.15, 0.2) is 30.3 Å². The second-order valence-electron chi connectivity index (χ2n) is 5.59. The van der Waals surface area contributed by atoms with Gasteiger partial charge in [-0.1, -0.05) is 30.3 Å². The van der Waals surface area contributed by atoms with E-state index in [9.17, 15) is 4.79 Å². The van der Waals surface area contributed by atoms with Crippen LogP contribution in [0.25, 0.3) is 0 Å². The molecule has 1 aliphatic heterocycles. The van der Waals surface area contributed by atoms with E-state index in [0.29, 0.717) is 6.61 Å². The van der Waals surface area contributed by atoms with Crippen LogP contribution in [-0.4, -0.2) is 56.3 Å². The van der Waals surface area contributed by atoms with Gasteiger partial charge in [0.2, 0.25) is 5.91 Å². The molecule has 0 bridgehead atoms. The number of hydrogen-bond acceptors (Lipinski definition) is 4. The van der Waals surface area contributed by atoms with Crippen LogP contribution in [0.3, 0.4) is 0 Å². The Bertz CT molecular complexity index is 452. The van der Waals surface area contributed by atoms with Gasteiger partial charge < -0.3 is 9.64 Å². The van der Waals surface area contributed by atoms with Crippen molar-refractivity contribution in [2.75, 3.05) is 34.3 Å². The SMILES string of the molecule is CON(C)C(=O)C1CC(OCc2ccccc2)CN(C)C1. The van der Waals surface area contributed by atoms with Gasteiger partial charge in [0.1, 0.15) is 0 Å². The summed E-state index contributed by atoms with van der Waals surface area (Å²) in [5.41, 5.74) is 1.16. The second-order valence-corrected chi connectivity index (χ2v) is 5.59. The molecular formula is C16H24N2O3. The highest BCUT2D eigenvalue weighted by Gasteiger charge is 2.32. The molecule has 1 saturated heterocycles. The molecule has 1 heterocycles. The first-order chi connectivity index (χ1) is 10.1. The number of carbonyl (C=O) groups is 1. The minimum atomic E-state index is -0.0746. The minimum absolute atomic E-state index is 0.0114. The van der Waals surface area contributed by atoms with Gasteiger partial charge in [-0.25, -0.2) is 5.06 Å². The summed E-state index contributed by atoms with van der Waals surface area (Å²) in [5.74, 6) is -0.0631. The van der Waals surface area contributed by atoms with Crippen molar-refractivity contribution < 1.29 is 14.4 Å². The van der Waals surface area contributed by atoms with Crippen LogP contribution in [0.5, 0.6) is 0 Å². The molecule has 0 spiro atoms. The number of benzene rings is 1. The highest BCUT2D eigenvalue weighted by atomic mass is 16.7. The van der Waals surface area contributed by atoms with Crippen LogP contribution in [-0.2, 0) is 21.0 Å². The molecule has 2 rings (SSSR count). The van der Waals surface area contributed by atoms with E-state index in [2.05, 4.69) is 4.90 Å².